The number of hydrogen-bond donors (Lipinski definition) is 2. The van der Waals surface area contributed by atoms with Gasteiger partial charge in [-0.1, -0.05) is 26.0 Å². The first-order chi connectivity index (χ1) is 14.7. The van der Waals surface area contributed by atoms with E-state index in [1.54, 1.807) is 0 Å². The minimum atomic E-state index is -0.0313. The van der Waals surface area contributed by atoms with E-state index in [1.165, 1.54) is 5.56 Å². The first-order valence-corrected chi connectivity index (χ1v) is 10.7. The third-order valence-corrected chi connectivity index (χ3v) is 4.67. The van der Waals surface area contributed by atoms with Crippen molar-refractivity contribution in [1.29, 1.82) is 0 Å². The van der Waals surface area contributed by atoms with Gasteiger partial charge in [-0.25, -0.2) is 4.99 Å². The van der Waals surface area contributed by atoms with E-state index < -0.39 is 0 Å². The highest BCUT2D eigenvalue weighted by Crippen LogP contribution is 2.19. The molecule has 0 aliphatic rings. The van der Waals surface area contributed by atoms with Crippen LogP contribution in [0.2, 0.25) is 0 Å². The number of guanidine groups is 1. The monoisotopic (exact) mass is 427 g/mol. The molecule has 31 heavy (non-hydrogen) atoms. The molecule has 0 aliphatic carbocycles. The van der Waals surface area contributed by atoms with E-state index in [2.05, 4.69) is 47.6 Å². The van der Waals surface area contributed by atoms with E-state index in [0.29, 0.717) is 19.0 Å². The number of aliphatic imine (C=N–C) groups is 1. The zero-order valence-electron chi connectivity index (χ0n) is 19.9. The molecule has 1 heterocycles. The lowest BCUT2D eigenvalue weighted by Crippen LogP contribution is -2.38. The molecule has 2 rings (SSSR count). The van der Waals surface area contributed by atoms with E-state index in [4.69, 9.17) is 4.99 Å². The number of anilines is 1. The summed E-state index contributed by atoms with van der Waals surface area (Å²) in [5.41, 5.74) is 4.15. The number of likely N-dealkylation sites (N-methyl/N-ethyl adjacent to an activating group) is 1. The molecule has 1 aromatic carbocycles. The maximum Gasteiger partial charge on any atom is 0.238 e. The summed E-state index contributed by atoms with van der Waals surface area (Å²) >= 11 is 0. The Morgan fingerprint density at radius 3 is 2.65 bits per heavy atom. The standard InChI is InChI=1S/C23H37N7O/c1-8-24-23(29(6)14-19-15-30(7)27-22(19)17(2)3)25-13-18-10-9-11-20(12-18)26-21(31)16-28(4)5/h9-12,15,17H,8,13-14,16H2,1-7H3,(H,24,25)(H,26,31). The van der Waals surface area contributed by atoms with Gasteiger partial charge in [0, 0.05) is 44.6 Å². The average Bonchev–Trinajstić information content (AvgIpc) is 3.05. The fourth-order valence-electron chi connectivity index (χ4n) is 3.36. The van der Waals surface area contributed by atoms with Gasteiger partial charge in [-0.15, -0.1) is 0 Å². The van der Waals surface area contributed by atoms with Gasteiger partial charge in [0.25, 0.3) is 0 Å². The highest BCUT2D eigenvalue weighted by molar-refractivity contribution is 5.92. The van der Waals surface area contributed by atoms with Crippen LogP contribution in [0.4, 0.5) is 5.69 Å². The number of nitrogens with one attached hydrogen (secondary N) is 2. The second-order valence-electron chi connectivity index (χ2n) is 8.38. The maximum atomic E-state index is 12.0. The maximum absolute atomic E-state index is 12.0. The smallest absolute Gasteiger partial charge is 0.238 e. The predicted molar refractivity (Wildman–Crippen MR) is 127 cm³/mol. The van der Waals surface area contributed by atoms with Crippen molar-refractivity contribution in [3.05, 3.63) is 47.3 Å². The molecule has 2 aromatic rings. The van der Waals surface area contributed by atoms with Crippen LogP contribution in [-0.2, 0) is 24.9 Å². The lowest BCUT2D eigenvalue weighted by atomic mass is 10.1. The van der Waals surface area contributed by atoms with E-state index >= 15 is 0 Å². The lowest BCUT2D eigenvalue weighted by Gasteiger charge is -2.22. The Kier molecular flexibility index (Phi) is 9.05. The predicted octanol–water partition coefficient (Wildman–Crippen LogP) is 2.64. The second-order valence-corrected chi connectivity index (χ2v) is 8.38. The summed E-state index contributed by atoms with van der Waals surface area (Å²) in [6, 6.07) is 7.83. The molecule has 2 N–H and O–H groups in total. The van der Waals surface area contributed by atoms with Gasteiger partial charge in [0.2, 0.25) is 5.91 Å². The van der Waals surface area contributed by atoms with Gasteiger partial charge in [0.1, 0.15) is 0 Å². The van der Waals surface area contributed by atoms with Crippen LogP contribution >= 0.6 is 0 Å². The van der Waals surface area contributed by atoms with Gasteiger partial charge < -0.3 is 20.4 Å². The molecule has 8 nitrogen and oxygen atoms in total. The molecule has 0 saturated heterocycles. The Labute approximate surface area is 186 Å². The van der Waals surface area contributed by atoms with Crippen molar-refractivity contribution in [2.75, 3.05) is 39.5 Å². The molecule has 0 radical (unpaired) electrons. The molecule has 0 unspecified atom stereocenters. The van der Waals surface area contributed by atoms with E-state index in [9.17, 15) is 4.79 Å². The van der Waals surface area contributed by atoms with Crippen molar-refractivity contribution in [3.8, 4) is 0 Å². The molecule has 0 fully saturated rings. The fourth-order valence-corrected chi connectivity index (χ4v) is 3.36. The van der Waals surface area contributed by atoms with Gasteiger partial charge in [0.05, 0.1) is 18.8 Å². The van der Waals surface area contributed by atoms with Gasteiger partial charge in [0.15, 0.2) is 5.96 Å². The Morgan fingerprint density at radius 1 is 1.26 bits per heavy atom. The van der Waals surface area contributed by atoms with Crippen molar-refractivity contribution >= 4 is 17.6 Å². The van der Waals surface area contributed by atoms with Crippen molar-refractivity contribution in [1.82, 2.24) is 24.9 Å². The number of nitrogens with zero attached hydrogens (tertiary/aromatic N) is 5. The normalized spacial score (nSPS) is 11.8. The van der Waals surface area contributed by atoms with Crippen LogP contribution < -0.4 is 10.6 Å². The van der Waals surface area contributed by atoms with Crippen LogP contribution in [0, 0.1) is 0 Å². The zero-order chi connectivity index (χ0) is 23.0. The van der Waals surface area contributed by atoms with E-state index in [-0.39, 0.29) is 5.91 Å². The van der Waals surface area contributed by atoms with E-state index in [1.807, 2.05) is 62.0 Å². The Hall–Kier alpha value is -2.87. The van der Waals surface area contributed by atoms with Crippen molar-refractivity contribution in [3.63, 3.8) is 0 Å². The van der Waals surface area contributed by atoms with Crippen molar-refractivity contribution in [2.24, 2.45) is 12.0 Å². The second kappa shape index (κ2) is 11.5. The summed E-state index contributed by atoms with van der Waals surface area (Å²) in [6.45, 7) is 8.78. The van der Waals surface area contributed by atoms with Crippen LogP contribution in [0.1, 0.15) is 43.5 Å². The number of aryl methyl sites for hydroxylation is 1. The van der Waals surface area contributed by atoms with Gasteiger partial charge in [-0.3, -0.25) is 9.48 Å². The summed E-state index contributed by atoms with van der Waals surface area (Å²) in [4.78, 5) is 20.8. The Morgan fingerprint density at radius 2 is 2.00 bits per heavy atom. The van der Waals surface area contributed by atoms with Gasteiger partial charge in [-0.05, 0) is 44.6 Å². The van der Waals surface area contributed by atoms with Crippen LogP contribution in [-0.4, -0.2) is 65.7 Å². The first-order valence-electron chi connectivity index (χ1n) is 10.7. The molecular weight excluding hydrogens is 390 g/mol. The summed E-state index contributed by atoms with van der Waals surface area (Å²) in [5, 5.41) is 10.9. The summed E-state index contributed by atoms with van der Waals surface area (Å²) in [7, 11) is 7.74. The molecule has 0 bridgehead atoms. The molecule has 0 saturated carbocycles. The number of rotatable bonds is 9. The molecule has 1 amide bonds. The highest BCUT2D eigenvalue weighted by Gasteiger charge is 2.15. The molecular formula is C23H37N7O. The number of aromatic nitrogens is 2. The number of amides is 1. The van der Waals surface area contributed by atoms with Crippen LogP contribution in [0.25, 0.3) is 0 Å². The number of carbonyl (C=O) groups excluding carboxylic acids is 1. The third-order valence-electron chi connectivity index (χ3n) is 4.67. The Balaban J connectivity index is 2.10. The largest absolute Gasteiger partial charge is 0.357 e. The van der Waals surface area contributed by atoms with Crippen LogP contribution in [0.3, 0.4) is 0 Å². The fraction of sp³-hybridized carbons (Fsp3) is 0.522. The van der Waals surface area contributed by atoms with Crippen molar-refractivity contribution < 1.29 is 4.79 Å². The summed E-state index contributed by atoms with van der Waals surface area (Å²) in [6.07, 6.45) is 2.08. The molecule has 170 valence electrons. The lowest BCUT2D eigenvalue weighted by molar-refractivity contribution is -0.116. The molecule has 1 aromatic heterocycles. The molecule has 0 spiro atoms. The van der Waals surface area contributed by atoms with Crippen LogP contribution in [0.5, 0.6) is 0 Å². The number of hydrogen-bond acceptors (Lipinski definition) is 4. The zero-order valence-corrected chi connectivity index (χ0v) is 19.9. The Bertz CT molecular complexity index is 886. The topological polar surface area (TPSA) is 77.8 Å². The molecule has 0 atom stereocenters. The number of carbonyl (C=O) groups is 1. The van der Waals surface area contributed by atoms with Crippen LogP contribution in [0.15, 0.2) is 35.5 Å². The average molecular weight is 428 g/mol. The quantitative estimate of drug-likeness (QED) is 0.475. The minimum absolute atomic E-state index is 0.0313. The molecule has 8 heteroatoms. The van der Waals surface area contributed by atoms with E-state index in [0.717, 1.165) is 36.0 Å². The van der Waals surface area contributed by atoms with Gasteiger partial charge >= 0.3 is 0 Å². The summed E-state index contributed by atoms with van der Waals surface area (Å²) in [5.74, 6) is 1.17. The number of benzene rings is 1. The van der Waals surface area contributed by atoms with Crippen molar-refractivity contribution in [2.45, 2.75) is 39.8 Å². The molecule has 0 aliphatic heterocycles. The first kappa shape index (κ1) is 24.4. The van der Waals surface area contributed by atoms with Gasteiger partial charge in [-0.2, -0.15) is 5.10 Å². The highest BCUT2D eigenvalue weighted by atomic mass is 16.2. The summed E-state index contributed by atoms with van der Waals surface area (Å²) < 4.78 is 1.87. The SMILES string of the molecule is CCNC(=NCc1cccc(NC(=O)CN(C)C)c1)N(C)Cc1cn(C)nc1C(C)C. The third kappa shape index (κ3) is 7.71. The minimum Gasteiger partial charge on any atom is -0.357 e.